The molecular weight excluding hydrogens is 217 g/mol. The van der Waals surface area contributed by atoms with Crippen LogP contribution in [0, 0.1) is 17.1 Å². The Morgan fingerprint density at radius 1 is 1.59 bits per heavy atom. The van der Waals surface area contributed by atoms with Crippen LogP contribution in [0.3, 0.4) is 0 Å². The van der Waals surface area contributed by atoms with E-state index in [4.69, 9.17) is 11.1 Å². The third kappa shape index (κ3) is 2.82. The molecule has 92 valence electrons. The number of rotatable bonds is 3. The first-order chi connectivity index (χ1) is 8.06. The number of nitrogens with two attached hydrogens (primary N) is 1. The van der Waals surface area contributed by atoms with E-state index in [2.05, 4.69) is 11.8 Å². The van der Waals surface area contributed by atoms with Crippen molar-refractivity contribution in [3.05, 3.63) is 35.1 Å². The molecule has 1 aromatic carbocycles. The summed E-state index contributed by atoms with van der Waals surface area (Å²) in [7, 11) is 0. The highest BCUT2D eigenvalue weighted by Crippen LogP contribution is 2.20. The molecule has 3 nitrogen and oxygen atoms in total. The number of nitrogens with one attached hydrogen (secondary N) is 1. The minimum atomic E-state index is -0.339. The summed E-state index contributed by atoms with van der Waals surface area (Å²) in [6.45, 7) is 5.11. The van der Waals surface area contributed by atoms with Gasteiger partial charge in [-0.3, -0.25) is 10.3 Å². The Kier molecular flexibility index (Phi) is 3.43. The Hall–Kier alpha value is -1.42. The van der Waals surface area contributed by atoms with E-state index in [1.54, 1.807) is 6.07 Å². The van der Waals surface area contributed by atoms with Gasteiger partial charge in [-0.2, -0.15) is 0 Å². The number of amidine groups is 1. The number of nitrogen functional groups attached to an aromatic ring is 1. The quantitative estimate of drug-likeness (QED) is 0.621. The number of halogens is 1. The highest BCUT2D eigenvalue weighted by molar-refractivity contribution is 5.96. The third-order valence-corrected chi connectivity index (χ3v) is 3.26. The van der Waals surface area contributed by atoms with E-state index >= 15 is 0 Å². The first-order valence-corrected chi connectivity index (χ1v) is 5.91. The molecule has 0 spiro atoms. The molecule has 4 heteroatoms. The molecule has 1 aliphatic heterocycles. The van der Waals surface area contributed by atoms with E-state index < -0.39 is 0 Å². The maximum absolute atomic E-state index is 13.1. The molecule has 0 saturated carbocycles. The van der Waals surface area contributed by atoms with E-state index in [0.29, 0.717) is 5.56 Å². The predicted octanol–water partition coefficient (Wildman–Crippen LogP) is 1.95. The van der Waals surface area contributed by atoms with Gasteiger partial charge in [0.25, 0.3) is 0 Å². The zero-order valence-electron chi connectivity index (χ0n) is 10.0. The van der Waals surface area contributed by atoms with Gasteiger partial charge in [0.15, 0.2) is 0 Å². The maximum Gasteiger partial charge on any atom is 0.123 e. The Bertz CT molecular complexity index is 431. The molecule has 1 heterocycles. The van der Waals surface area contributed by atoms with E-state index in [-0.39, 0.29) is 11.7 Å². The van der Waals surface area contributed by atoms with Crippen molar-refractivity contribution in [1.29, 1.82) is 5.41 Å². The normalized spacial score (nSPS) is 20.7. The summed E-state index contributed by atoms with van der Waals surface area (Å²) in [5.41, 5.74) is 6.94. The van der Waals surface area contributed by atoms with Crippen molar-refractivity contribution >= 4 is 5.84 Å². The van der Waals surface area contributed by atoms with Gasteiger partial charge < -0.3 is 5.73 Å². The van der Waals surface area contributed by atoms with E-state index in [1.807, 2.05) is 0 Å². The Labute approximate surface area is 101 Å². The van der Waals surface area contributed by atoms with Crippen LogP contribution in [0.2, 0.25) is 0 Å². The molecule has 0 bridgehead atoms. The molecule has 1 aromatic rings. The number of benzene rings is 1. The molecule has 0 radical (unpaired) electrons. The molecule has 1 saturated heterocycles. The molecule has 1 aliphatic rings. The van der Waals surface area contributed by atoms with Crippen LogP contribution in [0.1, 0.15) is 24.5 Å². The van der Waals surface area contributed by atoms with E-state index in [1.165, 1.54) is 18.6 Å². The van der Waals surface area contributed by atoms with Gasteiger partial charge in [0, 0.05) is 18.7 Å². The first-order valence-electron chi connectivity index (χ1n) is 5.91. The van der Waals surface area contributed by atoms with Crippen LogP contribution in [-0.4, -0.2) is 23.8 Å². The molecule has 0 amide bonds. The summed E-state index contributed by atoms with van der Waals surface area (Å²) in [6, 6.07) is 4.51. The number of hydrogen-bond acceptors (Lipinski definition) is 2. The van der Waals surface area contributed by atoms with Gasteiger partial charge in [0.05, 0.1) is 0 Å². The summed E-state index contributed by atoms with van der Waals surface area (Å²) in [4.78, 5) is 2.32. The van der Waals surface area contributed by atoms with Crippen molar-refractivity contribution in [2.75, 3.05) is 13.1 Å². The fourth-order valence-electron chi connectivity index (χ4n) is 2.35. The van der Waals surface area contributed by atoms with Gasteiger partial charge in [0.2, 0.25) is 0 Å². The third-order valence-electron chi connectivity index (χ3n) is 3.26. The van der Waals surface area contributed by atoms with Crippen molar-refractivity contribution in [3.8, 4) is 0 Å². The molecule has 3 N–H and O–H groups in total. The monoisotopic (exact) mass is 235 g/mol. The second-order valence-corrected chi connectivity index (χ2v) is 4.84. The lowest BCUT2D eigenvalue weighted by Crippen LogP contribution is -2.23. The van der Waals surface area contributed by atoms with Crippen molar-refractivity contribution in [2.24, 2.45) is 11.7 Å². The lowest BCUT2D eigenvalue weighted by molar-refractivity contribution is 0.320. The van der Waals surface area contributed by atoms with Crippen molar-refractivity contribution in [3.63, 3.8) is 0 Å². The summed E-state index contributed by atoms with van der Waals surface area (Å²) in [5, 5.41) is 7.48. The fourth-order valence-corrected chi connectivity index (χ4v) is 2.35. The molecule has 2 rings (SSSR count). The summed E-state index contributed by atoms with van der Waals surface area (Å²) in [6.07, 6.45) is 1.20. The van der Waals surface area contributed by atoms with Gasteiger partial charge in [-0.15, -0.1) is 0 Å². The molecule has 1 atom stereocenters. The zero-order valence-corrected chi connectivity index (χ0v) is 10.0. The van der Waals surface area contributed by atoms with Gasteiger partial charge in [-0.1, -0.05) is 13.0 Å². The average molecular weight is 235 g/mol. The molecular formula is C13H18FN3. The number of nitrogens with zero attached hydrogens (tertiary/aromatic N) is 1. The highest BCUT2D eigenvalue weighted by atomic mass is 19.1. The van der Waals surface area contributed by atoms with Gasteiger partial charge in [-0.25, -0.2) is 4.39 Å². The first kappa shape index (κ1) is 12.0. The SMILES string of the molecule is CC1CCN(Cc2ccc(F)cc2C(=N)N)C1. The largest absolute Gasteiger partial charge is 0.384 e. The molecule has 0 aromatic heterocycles. The van der Waals surface area contributed by atoms with Crippen LogP contribution in [0.15, 0.2) is 18.2 Å². The summed E-state index contributed by atoms with van der Waals surface area (Å²) >= 11 is 0. The van der Waals surface area contributed by atoms with Gasteiger partial charge in [-0.05, 0) is 36.6 Å². The minimum Gasteiger partial charge on any atom is -0.384 e. The van der Waals surface area contributed by atoms with E-state index in [0.717, 1.165) is 31.1 Å². The number of likely N-dealkylation sites (tertiary alicyclic amines) is 1. The second kappa shape index (κ2) is 4.84. The Balaban J connectivity index is 2.17. The van der Waals surface area contributed by atoms with Crippen LogP contribution in [0.4, 0.5) is 4.39 Å². The van der Waals surface area contributed by atoms with Crippen LogP contribution < -0.4 is 5.73 Å². The van der Waals surface area contributed by atoms with E-state index in [9.17, 15) is 4.39 Å². The van der Waals surface area contributed by atoms with Crippen molar-refractivity contribution in [2.45, 2.75) is 19.9 Å². The smallest absolute Gasteiger partial charge is 0.123 e. The van der Waals surface area contributed by atoms with Crippen LogP contribution >= 0.6 is 0 Å². The predicted molar refractivity (Wildman–Crippen MR) is 66.5 cm³/mol. The number of hydrogen-bond donors (Lipinski definition) is 2. The molecule has 1 fully saturated rings. The Morgan fingerprint density at radius 3 is 2.94 bits per heavy atom. The minimum absolute atomic E-state index is 0.0632. The maximum atomic E-state index is 13.1. The van der Waals surface area contributed by atoms with Crippen molar-refractivity contribution in [1.82, 2.24) is 4.90 Å². The zero-order chi connectivity index (χ0) is 12.4. The Morgan fingerprint density at radius 2 is 2.35 bits per heavy atom. The fraction of sp³-hybridized carbons (Fsp3) is 0.462. The lowest BCUT2D eigenvalue weighted by Gasteiger charge is -2.17. The van der Waals surface area contributed by atoms with Gasteiger partial charge >= 0.3 is 0 Å². The summed E-state index contributed by atoms with van der Waals surface area (Å²) in [5.74, 6) is 0.316. The second-order valence-electron chi connectivity index (χ2n) is 4.84. The van der Waals surface area contributed by atoms with Crippen LogP contribution in [0.5, 0.6) is 0 Å². The molecule has 0 aliphatic carbocycles. The van der Waals surface area contributed by atoms with Crippen LogP contribution in [-0.2, 0) is 6.54 Å². The highest BCUT2D eigenvalue weighted by Gasteiger charge is 2.19. The van der Waals surface area contributed by atoms with Gasteiger partial charge in [0.1, 0.15) is 11.7 Å². The lowest BCUT2D eigenvalue weighted by atomic mass is 10.1. The standard InChI is InChI=1S/C13H18FN3/c1-9-4-5-17(7-9)8-10-2-3-11(14)6-12(10)13(15)16/h2-3,6,9H,4-5,7-8H2,1H3,(H3,15,16). The summed E-state index contributed by atoms with van der Waals surface area (Å²) < 4.78 is 13.1. The molecule has 17 heavy (non-hydrogen) atoms. The van der Waals surface area contributed by atoms with Crippen molar-refractivity contribution < 1.29 is 4.39 Å². The van der Waals surface area contributed by atoms with Crippen LogP contribution in [0.25, 0.3) is 0 Å². The average Bonchev–Trinajstić information content (AvgIpc) is 2.66. The topological polar surface area (TPSA) is 53.1 Å². The molecule has 1 unspecified atom stereocenters.